The van der Waals surface area contributed by atoms with Crippen LogP contribution in [0.4, 0.5) is 10.5 Å². The van der Waals surface area contributed by atoms with Crippen molar-refractivity contribution in [3.8, 4) is 0 Å². The minimum atomic E-state index is -0.202. The summed E-state index contributed by atoms with van der Waals surface area (Å²) in [6.07, 6.45) is 0. The van der Waals surface area contributed by atoms with Gasteiger partial charge in [-0.3, -0.25) is 0 Å². The van der Waals surface area contributed by atoms with E-state index in [0.29, 0.717) is 6.54 Å². The molecule has 4 nitrogen and oxygen atoms in total. The molecule has 5 heteroatoms. The first kappa shape index (κ1) is 14.9. The van der Waals surface area contributed by atoms with Gasteiger partial charge in [0.25, 0.3) is 0 Å². The molecule has 0 fully saturated rings. The largest absolute Gasteiger partial charge is 0.336 e. The van der Waals surface area contributed by atoms with Gasteiger partial charge in [-0.1, -0.05) is 30.5 Å². The van der Waals surface area contributed by atoms with Gasteiger partial charge in [0.1, 0.15) is 0 Å². The standard InChI is InChI=1S/C13H21N3OS/c1-10-5-6-12(11(2)9-10)16(18)13(17)14-7-8-15(3)4/h5-6,9,18H,7-8H2,1-4H3,(H,14,17). The van der Waals surface area contributed by atoms with E-state index in [-0.39, 0.29) is 6.03 Å². The third-order valence-electron chi connectivity index (χ3n) is 2.61. The zero-order valence-corrected chi connectivity index (χ0v) is 12.3. The van der Waals surface area contributed by atoms with Gasteiger partial charge in [0.05, 0.1) is 5.69 Å². The molecule has 0 saturated heterocycles. The monoisotopic (exact) mass is 267 g/mol. The van der Waals surface area contributed by atoms with Gasteiger partial charge in [-0.2, -0.15) is 0 Å². The molecule has 0 saturated carbocycles. The molecule has 1 rings (SSSR count). The van der Waals surface area contributed by atoms with Crippen molar-refractivity contribution in [3.05, 3.63) is 29.3 Å². The van der Waals surface area contributed by atoms with Crippen molar-refractivity contribution in [1.82, 2.24) is 10.2 Å². The molecule has 0 spiro atoms. The topological polar surface area (TPSA) is 35.6 Å². The summed E-state index contributed by atoms with van der Waals surface area (Å²) in [7, 11) is 3.93. The maximum atomic E-state index is 11.9. The predicted octanol–water partition coefficient (Wildman–Crippen LogP) is 2.23. The van der Waals surface area contributed by atoms with Gasteiger partial charge >= 0.3 is 6.03 Å². The number of rotatable bonds is 4. The summed E-state index contributed by atoms with van der Waals surface area (Å²) in [5.74, 6) is 0. The van der Waals surface area contributed by atoms with Crippen LogP contribution < -0.4 is 9.62 Å². The SMILES string of the molecule is Cc1ccc(N(S)C(=O)NCCN(C)C)c(C)c1. The number of carbonyl (C=O) groups is 1. The van der Waals surface area contributed by atoms with E-state index in [2.05, 4.69) is 18.1 Å². The van der Waals surface area contributed by atoms with Gasteiger partial charge in [0.2, 0.25) is 0 Å². The van der Waals surface area contributed by atoms with Crippen molar-refractivity contribution < 1.29 is 4.79 Å². The number of aryl methyl sites for hydroxylation is 2. The maximum Gasteiger partial charge on any atom is 0.331 e. The lowest BCUT2D eigenvalue weighted by molar-refractivity contribution is 0.248. The molecule has 0 aliphatic heterocycles. The van der Waals surface area contributed by atoms with Gasteiger partial charge in [-0.25, -0.2) is 9.10 Å². The zero-order valence-electron chi connectivity index (χ0n) is 11.4. The Bertz CT molecular complexity index is 421. The average molecular weight is 267 g/mol. The lowest BCUT2D eigenvalue weighted by Gasteiger charge is -2.19. The van der Waals surface area contributed by atoms with Gasteiger partial charge in [0, 0.05) is 13.1 Å². The Hall–Kier alpha value is -1.20. The van der Waals surface area contributed by atoms with Crippen molar-refractivity contribution >= 4 is 24.5 Å². The number of benzene rings is 1. The first-order valence-electron chi connectivity index (χ1n) is 5.90. The summed E-state index contributed by atoms with van der Waals surface area (Å²) in [5, 5.41) is 2.82. The van der Waals surface area contributed by atoms with E-state index in [1.807, 2.05) is 51.0 Å². The second-order valence-electron chi connectivity index (χ2n) is 4.64. The Morgan fingerprint density at radius 3 is 2.56 bits per heavy atom. The fourth-order valence-corrected chi connectivity index (χ4v) is 1.91. The van der Waals surface area contributed by atoms with Crippen LogP contribution in [0.5, 0.6) is 0 Å². The number of amides is 2. The fourth-order valence-electron chi connectivity index (χ4n) is 1.61. The lowest BCUT2D eigenvalue weighted by atomic mass is 10.1. The second-order valence-corrected chi connectivity index (χ2v) is 5.04. The molecular formula is C13H21N3OS. The molecule has 0 atom stereocenters. The van der Waals surface area contributed by atoms with Crippen molar-refractivity contribution in [1.29, 1.82) is 0 Å². The summed E-state index contributed by atoms with van der Waals surface area (Å²) >= 11 is 4.25. The minimum Gasteiger partial charge on any atom is -0.336 e. The minimum absolute atomic E-state index is 0.202. The number of hydrogen-bond acceptors (Lipinski definition) is 3. The van der Waals surface area contributed by atoms with Crippen LogP contribution in [0.3, 0.4) is 0 Å². The molecule has 1 aromatic rings. The smallest absolute Gasteiger partial charge is 0.331 e. The Balaban J connectivity index is 2.63. The van der Waals surface area contributed by atoms with Crippen LogP contribution in [0.2, 0.25) is 0 Å². The predicted molar refractivity (Wildman–Crippen MR) is 79.3 cm³/mol. The van der Waals surface area contributed by atoms with Crippen LogP contribution in [0.15, 0.2) is 18.2 Å². The molecule has 0 aliphatic carbocycles. The summed E-state index contributed by atoms with van der Waals surface area (Å²) in [5.41, 5.74) is 3.02. The molecule has 0 bridgehead atoms. The van der Waals surface area contributed by atoms with E-state index in [1.54, 1.807) is 0 Å². The Kier molecular flexibility index (Phi) is 5.50. The third kappa shape index (κ3) is 4.23. The summed E-state index contributed by atoms with van der Waals surface area (Å²) in [4.78, 5) is 13.9. The Morgan fingerprint density at radius 2 is 2.00 bits per heavy atom. The molecule has 0 aromatic heterocycles. The van der Waals surface area contributed by atoms with Crippen molar-refractivity contribution in [2.75, 3.05) is 31.5 Å². The number of thiol groups is 1. The number of likely N-dealkylation sites (N-methyl/N-ethyl adjacent to an activating group) is 1. The maximum absolute atomic E-state index is 11.9. The summed E-state index contributed by atoms with van der Waals surface area (Å²) < 4.78 is 1.35. The van der Waals surface area contributed by atoms with Crippen LogP contribution in [0.1, 0.15) is 11.1 Å². The number of urea groups is 1. The van der Waals surface area contributed by atoms with Crippen LogP contribution in [0.25, 0.3) is 0 Å². The van der Waals surface area contributed by atoms with Crippen LogP contribution in [-0.4, -0.2) is 38.1 Å². The van der Waals surface area contributed by atoms with Gasteiger partial charge < -0.3 is 10.2 Å². The number of nitrogens with zero attached hydrogens (tertiary/aromatic N) is 2. The normalized spacial score (nSPS) is 10.6. The molecule has 0 unspecified atom stereocenters. The zero-order chi connectivity index (χ0) is 13.7. The first-order valence-corrected chi connectivity index (χ1v) is 6.30. The van der Waals surface area contributed by atoms with Crippen LogP contribution in [0, 0.1) is 13.8 Å². The highest BCUT2D eigenvalue weighted by Gasteiger charge is 2.13. The molecule has 0 aliphatic rings. The van der Waals surface area contributed by atoms with Crippen molar-refractivity contribution in [3.63, 3.8) is 0 Å². The Morgan fingerprint density at radius 1 is 1.33 bits per heavy atom. The van der Waals surface area contributed by atoms with Crippen molar-refractivity contribution in [2.45, 2.75) is 13.8 Å². The molecule has 18 heavy (non-hydrogen) atoms. The quantitative estimate of drug-likeness (QED) is 0.821. The van der Waals surface area contributed by atoms with Crippen molar-refractivity contribution in [2.24, 2.45) is 0 Å². The highest BCUT2D eigenvalue weighted by atomic mass is 32.1. The highest BCUT2D eigenvalue weighted by molar-refractivity contribution is 7.82. The molecule has 1 aromatic carbocycles. The third-order valence-corrected chi connectivity index (χ3v) is 3.01. The van der Waals surface area contributed by atoms with Gasteiger partial charge in [-0.15, -0.1) is 0 Å². The number of anilines is 1. The van der Waals surface area contributed by atoms with Gasteiger partial charge in [-0.05, 0) is 39.6 Å². The number of carbonyl (C=O) groups excluding carboxylic acids is 1. The highest BCUT2D eigenvalue weighted by Crippen LogP contribution is 2.22. The van der Waals surface area contributed by atoms with Crippen LogP contribution >= 0.6 is 12.8 Å². The second kappa shape index (κ2) is 6.66. The van der Waals surface area contributed by atoms with Gasteiger partial charge in [0.15, 0.2) is 0 Å². The number of hydrogen-bond donors (Lipinski definition) is 2. The molecule has 2 amide bonds. The van der Waals surface area contributed by atoms with E-state index >= 15 is 0 Å². The van der Waals surface area contributed by atoms with E-state index in [1.165, 1.54) is 9.87 Å². The Labute approximate surface area is 115 Å². The molecule has 1 N–H and O–H groups in total. The molecule has 0 heterocycles. The fraction of sp³-hybridized carbons (Fsp3) is 0.462. The van der Waals surface area contributed by atoms with E-state index < -0.39 is 0 Å². The lowest BCUT2D eigenvalue weighted by Crippen LogP contribution is -2.38. The first-order chi connectivity index (χ1) is 8.41. The van der Waals surface area contributed by atoms with E-state index in [0.717, 1.165) is 17.8 Å². The average Bonchev–Trinajstić information content (AvgIpc) is 2.27. The summed E-state index contributed by atoms with van der Waals surface area (Å²) in [6, 6.07) is 5.71. The molecular weight excluding hydrogens is 246 g/mol. The summed E-state index contributed by atoms with van der Waals surface area (Å²) in [6.45, 7) is 5.41. The number of nitrogens with one attached hydrogen (secondary N) is 1. The molecule has 100 valence electrons. The molecule has 0 radical (unpaired) electrons. The van der Waals surface area contributed by atoms with E-state index in [9.17, 15) is 4.79 Å². The van der Waals surface area contributed by atoms with Crippen LogP contribution in [-0.2, 0) is 0 Å². The van der Waals surface area contributed by atoms with E-state index in [4.69, 9.17) is 0 Å².